The lowest BCUT2D eigenvalue weighted by atomic mass is 9.90. The van der Waals surface area contributed by atoms with E-state index in [9.17, 15) is 9.59 Å². The number of carbonyl (C=O) groups excluding carboxylic acids is 2. The van der Waals surface area contributed by atoms with E-state index in [-0.39, 0.29) is 33.8 Å². The van der Waals surface area contributed by atoms with E-state index in [1.54, 1.807) is 24.3 Å². The normalized spacial score (nSPS) is 18.7. The van der Waals surface area contributed by atoms with Crippen LogP contribution >= 0.6 is 24.4 Å². The van der Waals surface area contributed by atoms with Gasteiger partial charge >= 0.3 is 0 Å². The van der Waals surface area contributed by atoms with Gasteiger partial charge in [-0.15, -0.1) is 0 Å². The molecule has 8 nitrogen and oxygen atoms in total. The van der Waals surface area contributed by atoms with Crippen LogP contribution in [0.3, 0.4) is 0 Å². The maximum absolute atomic E-state index is 12.0. The molecule has 2 heterocycles. The fraction of sp³-hybridized carbons (Fsp3) is 0.333. The maximum Gasteiger partial charge on any atom is 0.293 e. The summed E-state index contributed by atoms with van der Waals surface area (Å²) in [4.78, 5) is 24.1. The van der Waals surface area contributed by atoms with Crippen molar-refractivity contribution in [3.63, 3.8) is 0 Å². The highest BCUT2D eigenvalue weighted by Gasteiger charge is 2.27. The van der Waals surface area contributed by atoms with E-state index in [4.69, 9.17) is 33.3 Å². The summed E-state index contributed by atoms with van der Waals surface area (Å²) in [6.07, 6.45) is 6.59. The number of rotatable bonds is 4. The second kappa shape index (κ2) is 9.47. The molecule has 1 aliphatic rings. The first kappa shape index (κ1) is 20.0. The fourth-order valence-electron chi connectivity index (χ4n) is 3.03. The topological polar surface area (TPSA) is 109 Å². The average Bonchev–Trinajstić information content (AvgIpc) is 3.37. The van der Waals surface area contributed by atoms with Crippen molar-refractivity contribution in [2.24, 2.45) is 0 Å². The quantitative estimate of drug-likeness (QED) is 0.557. The fourth-order valence-corrected chi connectivity index (χ4v) is 3.52. The zero-order chi connectivity index (χ0) is 19.9. The van der Waals surface area contributed by atoms with E-state index < -0.39 is 11.8 Å². The molecule has 1 aliphatic carbocycles. The minimum atomic E-state index is -0.413. The number of thiocarbonyl (C=S) groups is 2. The van der Waals surface area contributed by atoms with E-state index in [2.05, 4.69) is 21.3 Å². The van der Waals surface area contributed by atoms with Crippen LogP contribution in [0.25, 0.3) is 0 Å². The monoisotopic (exact) mass is 420 g/mol. The predicted molar refractivity (Wildman–Crippen MR) is 110 cm³/mol. The van der Waals surface area contributed by atoms with E-state index in [1.807, 2.05) is 0 Å². The number of hydrogen-bond acceptors (Lipinski definition) is 6. The summed E-state index contributed by atoms with van der Waals surface area (Å²) >= 11 is 10.5. The second-order valence-corrected chi connectivity index (χ2v) is 7.12. The number of carbonyl (C=O) groups is 2. The van der Waals surface area contributed by atoms with Crippen LogP contribution in [0.4, 0.5) is 0 Å². The molecule has 3 rings (SSSR count). The lowest BCUT2D eigenvalue weighted by Crippen LogP contribution is -2.57. The highest BCUT2D eigenvalue weighted by molar-refractivity contribution is 7.80. The predicted octanol–water partition coefficient (Wildman–Crippen LogP) is 2.09. The number of furan rings is 2. The maximum atomic E-state index is 12.0. The molecule has 148 valence electrons. The van der Waals surface area contributed by atoms with Gasteiger partial charge in [-0.2, -0.15) is 0 Å². The SMILES string of the molecule is O=C(NC(=S)N[C@H]1CCCC[C@H]1NC(=S)NC(=O)c1ccco1)c1ccco1. The molecule has 0 spiro atoms. The third-order valence-corrected chi connectivity index (χ3v) is 4.78. The summed E-state index contributed by atoms with van der Waals surface area (Å²) in [5, 5.41) is 11.9. The Balaban J connectivity index is 1.51. The molecule has 0 saturated heterocycles. The van der Waals surface area contributed by atoms with Crippen LogP contribution in [0.2, 0.25) is 0 Å². The Bertz CT molecular complexity index is 766. The smallest absolute Gasteiger partial charge is 0.293 e. The average molecular weight is 421 g/mol. The van der Waals surface area contributed by atoms with Crippen LogP contribution in [0, 0.1) is 0 Å². The van der Waals surface area contributed by atoms with E-state index in [1.165, 1.54) is 12.5 Å². The Kier molecular flexibility index (Phi) is 6.77. The third kappa shape index (κ3) is 5.40. The van der Waals surface area contributed by atoms with Crippen molar-refractivity contribution in [2.45, 2.75) is 37.8 Å². The summed E-state index contributed by atoms with van der Waals surface area (Å²) in [7, 11) is 0. The first-order valence-corrected chi connectivity index (χ1v) is 9.65. The summed E-state index contributed by atoms with van der Waals surface area (Å²) in [6.45, 7) is 0. The van der Waals surface area contributed by atoms with Gasteiger partial charge in [-0.25, -0.2) is 0 Å². The van der Waals surface area contributed by atoms with Crippen LogP contribution in [0.1, 0.15) is 46.8 Å². The Morgan fingerprint density at radius 3 is 1.61 bits per heavy atom. The van der Waals surface area contributed by atoms with Crippen LogP contribution in [0.15, 0.2) is 45.6 Å². The summed E-state index contributed by atoms with van der Waals surface area (Å²) in [6, 6.07) is 6.29. The highest BCUT2D eigenvalue weighted by Crippen LogP contribution is 2.18. The molecule has 2 amide bonds. The van der Waals surface area contributed by atoms with Crippen molar-refractivity contribution >= 4 is 46.5 Å². The Morgan fingerprint density at radius 1 is 0.821 bits per heavy atom. The molecule has 4 N–H and O–H groups in total. The minimum absolute atomic E-state index is 0.0448. The van der Waals surface area contributed by atoms with Gasteiger partial charge in [0.25, 0.3) is 11.8 Å². The first-order valence-electron chi connectivity index (χ1n) is 8.83. The number of amides is 2. The third-order valence-electron chi connectivity index (χ3n) is 4.34. The Labute approximate surface area is 172 Å². The molecule has 1 saturated carbocycles. The molecule has 28 heavy (non-hydrogen) atoms. The molecular formula is C18H20N4O4S2. The standard InChI is InChI=1S/C18H20N4O4S2/c23-15(13-7-3-9-25-13)21-17(27)19-11-5-1-2-6-12(11)20-18(28)22-16(24)14-8-4-10-26-14/h3-4,7-12H,1-2,5-6H2,(H2,19,21,23,27)(H2,20,22,24,28)/t11-,12+. The van der Waals surface area contributed by atoms with Crippen molar-refractivity contribution in [3.05, 3.63) is 48.3 Å². The molecule has 0 aliphatic heterocycles. The molecule has 10 heteroatoms. The van der Waals surface area contributed by atoms with Crippen molar-refractivity contribution < 1.29 is 18.4 Å². The highest BCUT2D eigenvalue weighted by atomic mass is 32.1. The van der Waals surface area contributed by atoms with Gasteiger partial charge in [0.05, 0.1) is 12.5 Å². The molecule has 2 aromatic heterocycles. The minimum Gasteiger partial charge on any atom is -0.459 e. The van der Waals surface area contributed by atoms with Gasteiger partial charge in [-0.3, -0.25) is 20.2 Å². The molecule has 0 unspecified atom stereocenters. The van der Waals surface area contributed by atoms with Crippen molar-refractivity contribution in [1.29, 1.82) is 0 Å². The van der Waals surface area contributed by atoms with E-state index >= 15 is 0 Å². The molecule has 1 fully saturated rings. The number of hydrogen-bond donors (Lipinski definition) is 4. The Morgan fingerprint density at radius 2 is 1.25 bits per heavy atom. The number of nitrogens with one attached hydrogen (secondary N) is 4. The van der Waals surface area contributed by atoms with E-state index in [0.29, 0.717) is 0 Å². The van der Waals surface area contributed by atoms with Crippen molar-refractivity contribution in [1.82, 2.24) is 21.3 Å². The summed E-state index contributed by atoms with van der Waals surface area (Å²) in [5.74, 6) is -0.457. The molecule has 2 atom stereocenters. The van der Waals surface area contributed by atoms with Crippen LogP contribution in [-0.2, 0) is 0 Å². The van der Waals surface area contributed by atoms with Crippen molar-refractivity contribution in [2.75, 3.05) is 0 Å². The largest absolute Gasteiger partial charge is 0.459 e. The molecule has 2 aromatic rings. The van der Waals surface area contributed by atoms with Gasteiger partial charge in [0.2, 0.25) is 0 Å². The van der Waals surface area contributed by atoms with Gasteiger partial charge in [-0.1, -0.05) is 12.8 Å². The molecule has 0 bridgehead atoms. The molecular weight excluding hydrogens is 400 g/mol. The van der Waals surface area contributed by atoms with Crippen LogP contribution < -0.4 is 21.3 Å². The molecule has 0 radical (unpaired) electrons. The van der Waals surface area contributed by atoms with Crippen molar-refractivity contribution in [3.8, 4) is 0 Å². The van der Waals surface area contributed by atoms with Crippen LogP contribution in [-0.4, -0.2) is 34.1 Å². The van der Waals surface area contributed by atoms with Gasteiger partial charge in [0.1, 0.15) is 0 Å². The zero-order valence-corrected chi connectivity index (χ0v) is 16.5. The van der Waals surface area contributed by atoms with Gasteiger partial charge in [0.15, 0.2) is 21.7 Å². The first-order chi connectivity index (χ1) is 13.5. The van der Waals surface area contributed by atoms with Crippen LogP contribution in [0.5, 0.6) is 0 Å². The summed E-state index contributed by atoms with van der Waals surface area (Å²) in [5.41, 5.74) is 0. The zero-order valence-electron chi connectivity index (χ0n) is 14.9. The Hall–Kier alpha value is -2.72. The lowest BCUT2D eigenvalue weighted by Gasteiger charge is -2.34. The lowest BCUT2D eigenvalue weighted by molar-refractivity contribution is 0.0940. The van der Waals surface area contributed by atoms with Gasteiger partial charge in [-0.05, 0) is 61.5 Å². The molecule has 0 aromatic carbocycles. The van der Waals surface area contributed by atoms with Gasteiger partial charge in [0, 0.05) is 12.1 Å². The van der Waals surface area contributed by atoms with E-state index in [0.717, 1.165) is 25.7 Å². The second-order valence-electron chi connectivity index (χ2n) is 6.31. The van der Waals surface area contributed by atoms with Gasteiger partial charge < -0.3 is 19.5 Å². The summed E-state index contributed by atoms with van der Waals surface area (Å²) < 4.78 is 10.1.